The van der Waals surface area contributed by atoms with E-state index >= 15 is 0 Å². The molecule has 2 aliphatic rings. The predicted octanol–water partition coefficient (Wildman–Crippen LogP) is 13.8. The van der Waals surface area contributed by atoms with Crippen LogP contribution in [0.1, 0.15) is 44.4 Å². The van der Waals surface area contributed by atoms with Crippen molar-refractivity contribution in [1.29, 1.82) is 0 Å². The second kappa shape index (κ2) is 12.0. The van der Waals surface area contributed by atoms with Gasteiger partial charge in [-0.2, -0.15) is 0 Å². The van der Waals surface area contributed by atoms with Crippen molar-refractivity contribution in [2.75, 3.05) is 9.80 Å². The lowest BCUT2D eigenvalue weighted by Crippen LogP contribution is -2.36. The number of fused-ring (bicyclic) bond motifs is 4. The molecule has 7 aromatic carbocycles. The lowest BCUT2D eigenvalue weighted by atomic mass is 9.69. The third kappa shape index (κ3) is 4.92. The maximum absolute atomic E-state index is 5.23. The van der Waals surface area contributed by atoms with Crippen molar-refractivity contribution < 1.29 is 0 Å². The Balaban J connectivity index is 1.04. The van der Waals surface area contributed by atoms with Crippen molar-refractivity contribution in [3.63, 3.8) is 0 Å². The Labute approximate surface area is 317 Å². The number of rotatable bonds is 5. The molecule has 0 aliphatic carbocycles. The smallest absolute Gasteiger partial charge is 0.0763 e. The Morgan fingerprint density at radius 1 is 0.519 bits per heavy atom. The summed E-state index contributed by atoms with van der Waals surface area (Å²) in [7, 11) is 0. The molecule has 0 spiro atoms. The Hall–Kier alpha value is -6.45. The third-order valence-corrected chi connectivity index (χ3v) is 11.7. The third-order valence-electron chi connectivity index (χ3n) is 11.7. The molecule has 54 heavy (non-hydrogen) atoms. The molecule has 0 saturated carbocycles. The summed E-state index contributed by atoms with van der Waals surface area (Å²) < 4.78 is 0. The Kier molecular flexibility index (Phi) is 7.19. The van der Waals surface area contributed by atoms with Crippen LogP contribution < -0.4 is 9.80 Å². The number of hydrogen-bond acceptors (Lipinski definition) is 3. The van der Waals surface area contributed by atoms with Crippen LogP contribution in [0.15, 0.2) is 176 Å². The first-order valence-corrected chi connectivity index (χ1v) is 18.9. The molecular formula is C51H41N3. The Morgan fingerprint density at radius 2 is 1.06 bits per heavy atom. The summed E-state index contributed by atoms with van der Waals surface area (Å²) >= 11 is 0. The summed E-state index contributed by atoms with van der Waals surface area (Å²) in [5, 5.41) is 4.88. The predicted molar refractivity (Wildman–Crippen MR) is 228 cm³/mol. The number of nitrogens with zero attached hydrogens (tertiary/aromatic N) is 3. The lowest BCUT2D eigenvalue weighted by Gasteiger charge is -2.46. The summed E-state index contributed by atoms with van der Waals surface area (Å²) in [5.41, 5.74) is 14.0. The zero-order chi connectivity index (χ0) is 36.6. The minimum Gasteiger partial charge on any atom is -0.316 e. The molecule has 1 aromatic heterocycles. The number of pyridine rings is 1. The van der Waals surface area contributed by atoms with Crippen LogP contribution in [0, 0.1) is 0 Å². The Bertz CT molecular complexity index is 2680. The van der Waals surface area contributed by atoms with Gasteiger partial charge in [-0.25, -0.2) is 0 Å². The quantitative estimate of drug-likeness (QED) is 0.179. The average molecular weight is 696 g/mol. The van der Waals surface area contributed by atoms with Gasteiger partial charge in [0.25, 0.3) is 0 Å². The van der Waals surface area contributed by atoms with E-state index in [0.717, 1.165) is 28.3 Å². The van der Waals surface area contributed by atoms with Gasteiger partial charge >= 0.3 is 0 Å². The highest BCUT2D eigenvalue weighted by molar-refractivity contribution is 6.04. The van der Waals surface area contributed by atoms with Crippen LogP contribution in [-0.4, -0.2) is 4.98 Å². The van der Waals surface area contributed by atoms with Crippen LogP contribution >= 0.6 is 0 Å². The van der Waals surface area contributed by atoms with Crippen LogP contribution in [0.4, 0.5) is 28.4 Å². The van der Waals surface area contributed by atoms with Gasteiger partial charge in [0.15, 0.2) is 0 Å². The fourth-order valence-corrected chi connectivity index (χ4v) is 8.85. The van der Waals surface area contributed by atoms with E-state index in [1.165, 1.54) is 60.7 Å². The molecule has 0 atom stereocenters. The van der Waals surface area contributed by atoms with Gasteiger partial charge in [-0.05, 0) is 57.8 Å². The minimum absolute atomic E-state index is 0.156. The maximum Gasteiger partial charge on any atom is 0.0763 e. The molecule has 3 heterocycles. The van der Waals surface area contributed by atoms with E-state index in [4.69, 9.17) is 4.98 Å². The normalized spacial score (nSPS) is 14.9. The van der Waals surface area contributed by atoms with E-state index in [9.17, 15) is 0 Å². The van der Waals surface area contributed by atoms with E-state index in [0.29, 0.717) is 0 Å². The van der Waals surface area contributed by atoms with Crippen molar-refractivity contribution in [3.8, 4) is 22.4 Å². The molecule has 2 aliphatic heterocycles. The summed E-state index contributed by atoms with van der Waals surface area (Å²) in [5.74, 6) is 0. The fourth-order valence-electron chi connectivity index (χ4n) is 8.85. The molecule has 260 valence electrons. The van der Waals surface area contributed by atoms with Gasteiger partial charge < -0.3 is 9.80 Å². The zero-order valence-corrected chi connectivity index (χ0v) is 31.1. The first kappa shape index (κ1) is 32.2. The minimum atomic E-state index is -0.179. The topological polar surface area (TPSA) is 19.4 Å². The van der Waals surface area contributed by atoms with Crippen LogP contribution in [0.25, 0.3) is 43.9 Å². The van der Waals surface area contributed by atoms with Crippen molar-refractivity contribution >= 4 is 50.0 Å². The molecule has 0 saturated heterocycles. The van der Waals surface area contributed by atoms with Gasteiger partial charge in [-0.1, -0.05) is 161 Å². The van der Waals surface area contributed by atoms with E-state index in [1.807, 2.05) is 0 Å². The van der Waals surface area contributed by atoms with E-state index < -0.39 is 0 Å². The molecule has 0 fully saturated rings. The molecule has 0 N–H and O–H groups in total. The number of anilines is 5. The molecule has 10 rings (SSSR count). The molecule has 3 heteroatoms. The summed E-state index contributed by atoms with van der Waals surface area (Å²) in [6.07, 6.45) is 6.71. The van der Waals surface area contributed by atoms with Crippen molar-refractivity contribution in [2.45, 2.75) is 38.5 Å². The highest BCUT2D eigenvalue weighted by atomic mass is 15.2. The standard InChI is InChI=1S/C51H41N3/c1-50(2)31-32-53-46-20-10-9-19-42(46)51(3,4)43-33-52-48(47(50)49(43)53)38-25-23-34(24-26-38)35-27-29-39(30-28-35)54(44-21-11-15-36-13-5-7-17-40(36)44)45-22-12-16-37-14-6-8-18-41(37)45/h5-33H,1-4H3. The van der Waals surface area contributed by atoms with Crippen molar-refractivity contribution in [1.82, 2.24) is 4.98 Å². The van der Waals surface area contributed by atoms with Crippen LogP contribution in [0.2, 0.25) is 0 Å². The molecular weight excluding hydrogens is 655 g/mol. The molecule has 0 amide bonds. The maximum atomic E-state index is 5.23. The second-order valence-corrected chi connectivity index (χ2v) is 15.7. The van der Waals surface area contributed by atoms with Gasteiger partial charge in [-0.15, -0.1) is 0 Å². The first-order valence-electron chi connectivity index (χ1n) is 18.9. The highest BCUT2D eigenvalue weighted by Gasteiger charge is 2.42. The number of para-hydroxylation sites is 1. The SMILES string of the molecule is CC1(C)C=CN2c3ccccc3C(C)(C)c3cnc(-c4ccc(-c5ccc(N(c6cccc7ccccc67)c6cccc7ccccc67)cc5)cc4)c1c32. The fraction of sp³-hybridized carbons (Fsp3) is 0.118. The zero-order valence-electron chi connectivity index (χ0n) is 31.1. The van der Waals surface area contributed by atoms with Crippen LogP contribution in [-0.2, 0) is 10.8 Å². The molecule has 0 unspecified atom stereocenters. The van der Waals surface area contributed by atoms with Crippen LogP contribution in [0.3, 0.4) is 0 Å². The van der Waals surface area contributed by atoms with E-state index in [2.05, 4.69) is 214 Å². The lowest BCUT2D eigenvalue weighted by molar-refractivity contribution is 0.603. The molecule has 0 bridgehead atoms. The van der Waals surface area contributed by atoms with Crippen molar-refractivity contribution in [2.24, 2.45) is 0 Å². The van der Waals surface area contributed by atoms with Gasteiger partial charge in [0.2, 0.25) is 0 Å². The molecule has 0 radical (unpaired) electrons. The van der Waals surface area contributed by atoms with Crippen molar-refractivity contribution in [3.05, 3.63) is 193 Å². The molecule has 8 aromatic rings. The van der Waals surface area contributed by atoms with Gasteiger partial charge in [-0.3, -0.25) is 4.98 Å². The first-order chi connectivity index (χ1) is 26.3. The monoisotopic (exact) mass is 695 g/mol. The second-order valence-electron chi connectivity index (χ2n) is 15.7. The Morgan fingerprint density at radius 3 is 1.70 bits per heavy atom. The highest BCUT2D eigenvalue weighted by Crippen LogP contribution is 2.55. The molecule has 3 nitrogen and oxygen atoms in total. The number of aromatic nitrogens is 1. The summed E-state index contributed by atoms with van der Waals surface area (Å²) in [4.78, 5) is 10.0. The van der Waals surface area contributed by atoms with E-state index in [-0.39, 0.29) is 10.8 Å². The summed E-state index contributed by atoms with van der Waals surface area (Å²) in [6, 6.07) is 57.2. The number of benzene rings is 7. The number of hydrogen-bond donors (Lipinski definition) is 0. The van der Waals surface area contributed by atoms with Gasteiger partial charge in [0, 0.05) is 62.1 Å². The number of allylic oxidation sites excluding steroid dienone is 1. The average Bonchev–Trinajstić information content (AvgIpc) is 3.21. The van der Waals surface area contributed by atoms with Crippen LogP contribution in [0.5, 0.6) is 0 Å². The van der Waals surface area contributed by atoms with Gasteiger partial charge in [0.1, 0.15) is 0 Å². The van der Waals surface area contributed by atoms with E-state index in [1.54, 1.807) is 0 Å². The largest absolute Gasteiger partial charge is 0.316 e. The summed E-state index contributed by atoms with van der Waals surface area (Å²) in [6.45, 7) is 9.28. The van der Waals surface area contributed by atoms with Gasteiger partial charge in [0.05, 0.1) is 22.8 Å².